The maximum Gasteiger partial charge on any atom is 0.344 e. The van der Waals surface area contributed by atoms with E-state index in [2.05, 4.69) is 14.2 Å². The highest BCUT2D eigenvalue weighted by molar-refractivity contribution is 7.95. The van der Waals surface area contributed by atoms with Gasteiger partial charge in [-0.15, -0.1) is 11.3 Å². The first kappa shape index (κ1) is 42.5. The molecule has 284 valence electrons. The lowest BCUT2D eigenvalue weighted by Gasteiger charge is -2.36. The van der Waals surface area contributed by atoms with Gasteiger partial charge in [0.2, 0.25) is 5.91 Å². The lowest BCUT2D eigenvalue weighted by atomic mass is 10.0. The number of likely N-dealkylation sites (N-methyl/N-ethyl adjacent to an activating group) is 3. The number of hydrogen-bond acceptors (Lipinski definition) is 17. The van der Waals surface area contributed by atoms with Gasteiger partial charge < -0.3 is 33.6 Å². The van der Waals surface area contributed by atoms with E-state index in [0.717, 1.165) is 36.8 Å². The normalized spacial score (nSPS) is 16.0. The monoisotopic (exact) mass is 782 g/mol. The number of nitrogens with zero attached hydrogens (tertiary/aromatic N) is 3. The second-order valence-corrected chi connectivity index (χ2v) is 16.5. The quantitative estimate of drug-likeness (QED) is 0.142. The summed E-state index contributed by atoms with van der Waals surface area (Å²) < 4.78 is 72.1. The van der Waals surface area contributed by atoms with Crippen molar-refractivity contribution < 1.29 is 74.1 Å². The molecule has 0 aromatic carbocycles. The van der Waals surface area contributed by atoms with Crippen molar-refractivity contribution in [1.29, 1.82) is 0 Å². The van der Waals surface area contributed by atoms with Gasteiger partial charge in [-0.3, -0.25) is 28.8 Å². The third kappa shape index (κ3) is 12.0. The number of carbonyl (C=O) groups is 8. The summed E-state index contributed by atoms with van der Waals surface area (Å²) in [5.74, 6) is -7.02. The third-order valence-corrected chi connectivity index (χ3v) is 12.8. The molecule has 2 atom stereocenters. The Labute approximate surface area is 297 Å². The van der Waals surface area contributed by atoms with Crippen LogP contribution in [-0.4, -0.2) is 144 Å². The fourth-order valence-corrected chi connectivity index (χ4v) is 9.35. The topological polar surface area (TPSA) is 264 Å². The number of hydrogen-bond donors (Lipinski definition) is 1. The van der Waals surface area contributed by atoms with Gasteiger partial charge in [-0.2, -0.15) is 0 Å². The summed E-state index contributed by atoms with van der Waals surface area (Å²) in [5, 5.41) is -1.06. The van der Waals surface area contributed by atoms with E-state index in [9.17, 15) is 55.2 Å². The summed E-state index contributed by atoms with van der Waals surface area (Å²) in [5.41, 5.74) is -0.0163. The lowest BCUT2D eigenvalue weighted by Crippen LogP contribution is -2.45. The van der Waals surface area contributed by atoms with Crippen molar-refractivity contribution >= 4 is 78.7 Å². The first-order valence-electron chi connectivity index (χ1n) is 14.9. The second-order valence-electron chi connectivity index (χ2n) is 11.0. The van der Waals surface area contributed by atoms with Gasteiger partial charge in [0.1, 0.15) is 15.0 Å². The van der Waals surface area contributed by atoms with Gasteiger partial charge >= 0.3 is 23.9 Å². The van der Waals surface area contributed by atoms with Crippen LogP contribution in [0.5, 0.6) is 0 Å². The highest BCUT2D eigenvalue weighted by atomic mass is 32.3. The molecule has 0 fully saturated rings. The molecule has 0 aliphatic carbocycles. The van der Waals surface area contributed by atoms with Crippen molar-refractivity contribution in [3.05, 3.63) is 11.6 Å². The van der Waals surface area contributed by atoms with Crippen LogP contribution in [0.4, 0.5) is 0 Å². The Balaban J connectivity index is 2.18. The molecule has 1 aromatic rings. The molecular formula is C28H38N4O16S3. The molecular weight excluding hydrogens is 745 g/mol. The molecule has 2 rings (SSSR count). The molecule has 0 radical (unpaired) electrons. The van der Waals surface area contributed by atoms with Gasteiger partial charge in [-0.25, -0.2) is 31.1 Å². The van der Waals surface area contributed by atoms with E-state index >= 15 is 0 Å². The summed E-state index contributed by atoms with van der Waals surface area (Å²) in [4.78, 5) is 98.5. The number of sulfonamides is 1. The highest BCUT2D eigenvalue weighted by Gasteiger charge is 2.43. The van der Waals surface area contributed by atoms with Crippen LogP contribution in [0.2, 0.25) is 0 Å². The SMILES string of the molecule is CCN(C(=O)CN(C)C(=O)COC(=O)COC(C)=O)[C@H]1C[C@H](C)S(=O)(=O)c2sc(S(=O)(=O)NC(=O)CN(C)C(=O)COC(=O)COC(C)=O)cc21. The number of amides is 4. The fraction of sp³-hybridized carbons (Fsp3) is 0.571. The Morgan fingerprint density at radius 2 is 1.31 bits per heavy atom. The molecule has 23 heteroatoms. The molecule has 1 aromatic heterocycles. The Kier molecular flexibility index (Phi) is 15.0. The average molecular weight is 783 g/mol. The molecule has 1 aliphatic heterocycles. The van der Waals surface area contributed by atoms with E-state index in [1.54, 1.807) is 11.6 Å². The molecule has 1 N–H and O–H groups in total. The number of thiophene rings is 1. The first-order valence-corrected chi connectivity index (χ1v) is 18.7. The van der Waals surface area contributed by atoms with E-state index in [1.807, 2.05) is 0 Å². The molecule has 0 bridgehead atoms. The lowest BCUT2D eigenvalue weighted by molar-refractivity contribution is -0.160. The zero-order valence-corrected chi connectivity index (χ0v) is 30.9. The molecule has 0 unspecified atom stereocenters. The van der Waals surface area contributed by atoms with Crippen molar-refractivity contribution in [2.45, 2.75) is 53.8 Å². The minimum absolute atomic E-state index is 0.0163. The molecule has 0 spiro atoms. The van der Waals surface area contributed by atoms with Crippen molar-refractivity contribution in [1.82, 2.24) is 19.4 Å². The summed E-state index contributed by atoms with van der Waals surface area (Å²) in [6.07, 6.45) is -0.124. The van der Waals surface area contributed by atoms with Crippen LogP contribution in [-0.2, 0) is 77.2 Å². The molecule has 51 heavy (non-hydrogen) atoms. The van der Waals surface area contributed by atoms with Crippen molar-refractivity contribution in [2.75, 3.05) is 60.2 Å². The van der Waals surface area contributed by atoms with E-state index < -0.39 is 122 Å². The van der Waals surface area contributed by atoms with Crippen LogP contribution in [0.15, 0.2) is 14.5 Å². The number of fused-ring (bicyclic) bond motifs is 1. The van der Waals surface area contributed by atoms with Gasteiger partial charge in [-0.05, 0) is 26.3 Å². The summed E-state index contributed by atoms with van der Waals surface area (Å²) in [7, 11) is -6.39. The largest absolute Gasteiger partial charge is 0.454 e. The third-order valence-electron chi connectivity index (χ3n) is 7.06. The number of carbonyl (C=O) groups excluding carboxylic acids is 8. The van der Waals surface area contributed by atoms with Crippen LogP contribution in [0.3, 0.4) is 0 Å². The fourth-order valence-electron chi connectivity index (χ4n) is 4.40. The Morgan fingerprint density at radius 1 is 0.824 bits per heavy atom. The van der Waals surface area contributed by atoms with Crippen LogP contribution in [0.1, 0.15) is 45.7 Å². The smallest absolute Gasteiger partial charge is 0.344 e. The molecule has 4 amide bonds. The first-order chi connectivity index (χ1) is 23.6. The van der Waals surface area contributed by atoms with Crippen LogP contribution >= 0.6 is 11.3 Å². The number of nitrogens with one attached hydrogen (secondary N) is 1. The van der Waals surface area contributed by atoms with Crippen LogP contribution in [0, 0.1) is 0 Å². The predicted molar refractivity (Wildman–Crippen MR) is 171 cm³/mol. The van der Waals surface area contributed by atoms with E-state index in [0.29, 0.717) is 11.3 Å². The molecule has 0 saturated carbocycles. The van der Waals surface area contributed by atoms with Crippen molar-refractivity contribution in [2.24, 2.45) is 0 Å². The van der Waals surface area contributed by atoms with Crippen molar-refractivity contribution in [3.8, 4) is 0 Å². The minimum atomic E-state index is -4.71. The van der Waals surface area contributed by atoms with Gasteiger partial charge in [0.05, 0.1) is 17.8 Å². The molecule has 2 heterocycles. The molecule has 0 saturated heterocycles. The maximum atomic E-state index is 13.4. The molecule has 20 nitrogen and oxygen atoms in total. The Bertz CT molecular complexity index is 1770. The maximum absolute atomic E-state index is 13.4. The van der Waals surface area contributed by atoms with Gasteiger partial charge in [0.15, 0.2) is 36.3 Å². The van der Waals surface area contributed by atoms with Gasteiger partial charge in [0, 0.05) is 40.1 Å². The number of esters is 4. The summed E-state index contributed by atoms with van der Waals surface area (Å²) in [6, 6.07) is 0.0819. The Morgan fingerprint density at radius 3 is 1.78 bits per heavy atom. The van der Waals surface area contributed by atoms with E-state index in [4.69, 9.17) is 4.74 Å². The standard InChI is InChI=1S/C28H38N4O16S3/c1-7-32(22(36)11-31(6)24(38)13-48-26(40)15-46-18(4)34)20-8-16(2)50(41,42)28-19(20)9-27(49-28)51(43,44)29-21(35)10-30(5)23(37)12-47-25(39)14-45-17(3)33/h9,16,20H,7-8,10-15H2,1-6H3,(H,29,35)/t16-,20-/m0/s1. The Hall–Kier alpha value is -4.64. The number of ether oxygens (including phenoxy) is 4. The van der Waals surface area contributed by atoms with Gasteiger partial charge in [0.25, 0.3) is 27.7 Å². The van der Waals surface area contributed by atoms with Crippen molar-refractivity contribution in [3.63, 3.8) is 0 Å². The predicted octanol–water partition coefficient (Wildman–Crippen LogP) is -1.86. The number of sulfone groups is 1. The molecule has 1 aliphatic rings. The average Bonchev–Trinajstić information content (AvgIpc) is 3.51. The summed E-state index contributed by atoms with van der Waals surface area (Å²) in [6.45, 7) is 0.743. The zero-order valence-electron chi connectivity index (χ0n) is 28.5. The van der Waals surface area contributed by atoms with E-state index in [1.165, 1.54) is 18.9 Å². The zero-order chi connectivity index (χ0) is 38.8. The highest BCUT2D eigenvalue weighted by Crippen LogP contribution is 2.45. The van der Waals surface area contributed by atoms with Gasteiger partial charge in [-0.1, -0.05) is 0 Å². The number of rotatable bonds is 16. The van der Waals surface area contributed by atoms with Crippen LogP contribution < -0.4 is 4.72 Å². The summed E-state index contributed by atoms with van der Waals surface area (Å²) >= 11 is 0.368. The minimum Gasteiger partial charge on any atom is -0.454 e. The van der Waals surface area contributed by atoms with Crippen LogP contribution in [0.25, 0.3) is 0 Å². The second kappa shape index (κ2) is 18.0. The van der Waals surface area contributed by atoms with E-state index in [-0.39, 0.29) is 22.7 Å².